The zero-order valence-corrected chi connectivity index (χ0v) is 40.5. The molecule has 0 fully saturated rings. The minimum Gasteiger partial charge on any atom is -0.310 e. The number of fused-ring (bicyclic) bond motifs is 21. The van der Waals surface area contributed by atoms with E-state index in [9.17, 15) is 0 Å². The summed E-state index contributed by atoms with van der Waals surface area (Å²) in [6, 6.07) is 105. The maximum absolute atomic E-state index is 2.61. The molecule has 344 valence electrons. The normalized spacial score (nSPS) is 15.2. The van der Waals surface area contributed by atoms with Gasteiger partial charge in [0.1, 0.15) is 0 Å². The van der Waals surface area contributed by atoms with Crippen molar-refractivity contribution < 1.29 is 0 Å². The Hall–Kier alpha value is -9.50. The van der Waals surface area contributed by atoms with Crippen LogP contribution >= 0.6 is 0 Å². The predicted molar refractivity (Wildman–Crippen MR) is 306 cm³/mol. The van der Waals surface area contributed by atoms with E-state index in [2.05, 4.69) is 289 Å². The van der Waals surface area contributed by atoms with Crippen LogP contribution in [0.5, 0.6) is 0 Å². The van der Waals surface area contributed by atoms with E-state index in [4.69, 9.17) is 0 Å². The summed E-state index contributed by atoms with van der Waals surface area (Å²) in [5.41, 5.74) is 26.3. The first kappa shape index (κ1) is 41.2. The molecule has 0 saturated heterocycles. The van der Waals surface area contributed by atoms with Crippen molar-refractivity contribution in [2.45, 2.75) is 10.8 Å². The molecule has 0 bridgehead atoms. The largest absolute Gasteiger partial charge is 0.310 e. The van der Waals surface area contributed by atoms with Gasteiger partial charge in [-0.25, -0.2) is 0 Å². The van der Waals surface area contributed by atoms with Crippen LogP contribution in [0.25, 0.3) is 55.3 Å². The molecule has 0 radical (unpaired) electrons. The van der Waals surface area contributed by atoms with Crippen LogP contribution in [0.1, 0.15) is 44.5 Å². The van der Waals surface area contributed by atoms with Gasteiger partial charge in [-0.1, -0.05) is 212 Å². The van der Waals surface area contributed by atoms with Crippen LogP contribution in [0.2, 0.25) is 0 Å². The first-order valence-electron chi connectivity index (χ1n) is 25.8. The van der Waals surface area contributed by atoms with Gasteiger partial charge in [-0.2, -0.15) is 0 Å². The van der Waals surface area contributed by atoms with E-state index < -0.39 is 10.8 Å². The molecule has 1 atom stereocenters. The Balaban J connectivity index is 1.03. The van der Waals surface area contributed by atoms with Gasteiger partial charge < -0.3 is 9.80 Å². The van der Waals surface area contributed by atoms with Crippen LogP contribution in [-0.2, 0) is 10.8 Å². The Kier molecular flexibility index (Phi) is 8.62. The lowest BCUT2D eigenvalue weighted by Gasteiger charge is -2.37. The molecule has 4 aliphatic rings. The third kappa shape index (κ3) is 5.33. The van der Waals surface area contributed by atoms with Crippen LogP contribution in [-0.4, -0.2) is 0 Å². The second kappa shape index (κ2) is 15.5. The smallest absolute Gasteiger partial charge is 0.0747 e. The van der Waals surface area contributed by atoms with Crippen LogP contribution in [0.4, 0.5) is 34.1 Å². The Labute approximate surface area is 431 Å². The van der Waals surface area contributed by atoms with Gasteiger partial charge in [0.15, 0.2) is 0 Å². The second-order valence-corrected chi connectivity index (χ2v) is 20.2. The van der Waals surface area contributed by atoms with E-state index in [0.717, 1.165) is 28.4 Å². The fraction of sp³-hybridized carbons (Fsp3) is 0.0278. The molecule has 2 spiro atoms. The number of anilines is 6. The van der Waals surface area contributed by atoms with Crippen LogP contribution in [0, 0.1) is 0 Å². The summed E-state index contributed by atoms with van der Waals surface area (Å²) in [5, 5.41) is 2.41. The van der Waals surface area contributed by atoms with Crippen molar-refractivity contribution in [2.75, 3.05) is 9.80 Å². The summed E-state index contributed by atoms with van der Waals surface area (Å²) < 4.78 is 0. The molecule has 0 aromatic heterocycles. The van der Waals surface area contributed by atoms with E-state index in [-0.39, 0.29) is 0 Å². The zero-order chi connectivity index (χ0) is 48.5. The van der Waals surface area contributed by atoms with Gasteiger partial charge in [-0.3, -0.25) is 0 Å². The number of hydrogen-bond donors (Lipinski definition) is 0. The summed E-state index contributed by atoms with van der Waals surface area (Å²) in [6.07, 6.45) is 0. The van der Waals surface area contributed by atoms with Gasteiger partial charge in [0, 0.05) is 39.4 Å². The number of nitrogens with zero attached hydrogens (tertiary/aromatic N) is 2. The van der Waals surface area contributed by atoms with E-state index in [1.54, 1.807) is 0 Å². The van der Waals surface area contributed by atoms with Gasteiger partial charge in [-0.05, 0) is 156 Å². The maximum atomic E-state index is 2.61. The van der Waals surface area contributed by atoms with Crippen molar-refractivity contribution >= 4 is 44.9 Å². The van der Waals surface area contributed by atoms with Crippen molar-refractivity contribution in [1.82, 2.24) is 0 Å². The summed E-state index contributed by atoms with van der Waals surface area (Å²) in [5.74, 6) is 0. The number of hydrogen-bond acceptors (Lipinski definition) is 2. The highest BCUT2D eigenvalue weighted by molar-refractivity contribution is 6.11. The molecule has 74 heavy (non-hydrogen) atoms. The van der Waals surface area contributed by atoms with Gasteiger partial charge in [0.25, 0.3) is 0 Å². The van der Waals surface area contributed by atoms with E-state index >= 15 is 0 Å². The van der Waals surface area contributed by atoms with E-state index in [0.29, 0.717) is 0 Å². The molecule has 0 heterocycles. The minimum absolute atomic E-state index is 0.501. The van der Waals surface area contributed by atoms with Gasteiger partial charge in [0.2, 0.25) is 0 Å². The predicted octanol–water partition coefficient (Wildman–Crippen LogP) is 18.5. The van der Waals surface area contributed by atoms with Crippen molar-refractivity contribution in [1.29, 1.82) is 0 Å². The average molecular weight is 939 g/mol. The fourth-order valence-electron chi connectivity index (χ4n) is 14.1. The molecular weight excluding hydrogens is 893 g/mol. The van der Waals surface area contributed by atoms with Crippen molar-refractivity contribution in [3.8, 4) is 44.5 Å². The van der Waals surface area contributed by atoms with Crippen molar-refractivity contribution in [3.63, 3.8) is 0 Å². The van der Waals surface area contributed by atoms with Gasteiger partial charge >= 0.3 is 0 Å². The van der Waals surface area contributed by atoms with Gasteiger partial charge in [-0.15, -0.1) is 0 Å². The van der Waals surface area contributed by atoms with Crippen molar-refractivity contribution in [2.24, 2.45) is 0 Å². The average Bonchev–Trinajstić information content (AvgIpc) is 4.33. The second-order valence-electron chi connectivity index (χ2n) is 20.2. The lowest BCUT2D eigenvalue weighted by molar-refractivity contribution is 0.791. The number of rotatable bonds is 6. The Morgan fingerprint density at radius 2 is 0.554 bits per heavy atom. The van der Waals surface area contributed by atoms with E-state index in [1.807, 2.05) is 0 Å². The third-order valence-electron chi connectivity index (χ3n) is 16.8. The highest BCUT2D eigenvalue weighted by atomic mass is 15.2. The molecule has 2 heteroatoms. The molecule has 16 rings (SSSR count). The quantitative estimate of drug-likeness (QED) is 0.164. The van der Waals surface area contributed by atoms with E-state index in [1.165, 1.54) is 105 Å². The van der Waals surface area contributed by atoms with Crippen LogP contribution in [0.15, 0.2) is 279 Å². The zero-order valence-electron chi connectivity index (χ0n) is 40.5. The molecule has 2 nitrogen and oxygen atoms in total. The Bertz CT molecular complexity index is 4170. The standard InChI is InChI=1S/C72H46N2/c1-4-23-48(24-5-1)73(49-25-6-2-7-26-49)51-40-42-60-57-33-15-20-38-65(57)72(68(60)45-51)66-39-21-16-34-58(66)61-44-47-22-10-11-29-53(47)70(69(61)72)74(50-27-8-3-9-28-50)52-41-43-59-56-32-14-19-37-64(56)71(67(59)46-52)62-35-17-12-30-54(62)55-31-13-18-36-63(55)71/h1-46H. The summed E-state index contributed by atoms with van der Waals surface area (Å²) in [6.45, 7) is 0. The highest BCUT2D eigenvalue weighted by Gasteiger charge is 2.55. The highest BCUT2D eigenvalue weighted by Crippen LogP contribution is 2.68. The summed E-state index contributed by atoms with van der Waals surface area (Å²) >= 11 is 0. The maximum Gasteiger partial charge on any atom is 0.0747 e. The monoisotopic (exact) mass is 938 g/mol. The molecule has 0 saturated carbocycles. The minimum atomic E-state index is -0.698. The fourth-order valence-corrected chi connectivity index (χ4v) is 14.1. The van der Waals surface area contributed by atoms with Crippen LogP contribution < -0.4 is 9.80 Å². The molecule has 12 aromatic carbocycles. The molecular formula is C72H46N2. The number of para-hydroxylation sites is 3. The molecule has 1 unspecified atom stereocenters. The molecule has 0 aliphatic heterocycles. The molecule has 0 N–H and O–H groups in total. The Morgan fingerprint density at radius 1 is 0.216 bits per heavy atom. The lowest BCUT2D eigenvalue weighted by Crippen LogP contribution is -2.29. The first-order chi connectivity index (χ1) is 36.7. The SMILES string of the molecule is c1ccc(N(c2ccccc2)c2ccc3c(c2)C2(c4ccccc4-3)c3ccccc3-c3cc4ccccc4c(N(c4ccccc4)c4ccc5c(c4)C4(c6ccccc6-c6ccccc64)c4ccccc4-5)c32)cc1. The van der Waals surface area contributed by atoms with Crippen LogP contribution in [0.3, 0.4) is 0 Å². The number of benzene rings is 12. The first-order valence-corrected chi connectivity index (χ1v) is 25.8. The van der Waals surface area contributed by atoms with Gasteiger partial charge in [0.05, 0.1) is 16.5 Å². The molecule has 4 aliphatic carbocycles. The molecule has 0 amide bonds. The molecule has 12 aromatic rings. The van der Waals surface area contributed by atoms with Crippen molar-refractivity contribution in [3.05, 3.63) is 324 Å². The third-order valence-corrected chi connectivity index (χ3v) is 16.8. The Morgan fingerprint density at radius 3 is 1.03 bits per heavy atom. The topological polar surface area (TPSA) is 6.48 Å². The summed E-state index contributed by atoms with van der Waals surface area (Å²) in [7, 11) is 0. The lowest BCUT2D eigenvalue weighted by atomic mass is 9.69. The summed E-state index contributed by atoms with van der Waals surface area (Å²) in [4.78, 5) is 5.03.